The van der Waals surface area contributed by atoms with Crippen LogP contribution in [0.4, 0.5) is 11.4 Å². The number of benzene rings is 3. The van der Waals surface area contributed by atoms with Gasteiger partial charge >= 0.3 is 0 Å². The van der Waals surface area contributed by atoms with E-state index in [0.717, 1.165) is 73.6 Å². The summed E-state index contributed by atoms with van der Waals surface area (Å²) in [7, 11) is 0. The van der Waals surface area contributed by atoms with Crippen molar-refractivity contribution in [2.45, 2.75) is 82.5 Å². The minimum atomic E-state index is -0.729. The highest BCUT2D eigenvalue weighted by molar-refractivity contribution is 6.07. The first-order valence-electron chi connectivity index (χ1n) is 23.3. The molecule has 6 N–H and O–H groups in total. The number of anilines is 2. The van der Waals surface area contributed by atoms with E-state index in [2.05, 4.69) is 41.8 Å². The lowest BCUT2D eigenvalue weighted by Gasteiger charge is -2.37. The van der Waals surface area contributed by atoms with Crippen LogP contribution in [0.1, 0.15) is 102 Å². The third-order valence-electron chi connectivity index (χ3n) is 12.4. The normalized spacial score (nSPS) is 16.7. The smallest absolute Gasteiger partial charge is 0.255 e. The summed E-state index contributed by atoms with van der Waals surface area (Å²) in [6.45, 7) is 5.66. The van der Waals surface area contributed by atoms with Gasteiger partial charge in [0.15, 0.2) is 11.6 Å². The number of rotatable bonds is 22. The van der Waals surface area contributed by atoms with Crippen LogP contribution in [-0.2, 0) is 35.9 Å². The molecule has 5 amide bonds. The average molecular weight is 964 g/mol. The van der Waals surface area contributed by atoms with Gasteiger partial charge in [-0.3, -0.25) is 39.4 Å². The van der Waals surface area contributed by atoms with E-state index in [1.54, 1.807) is 30.6 Å². The van der Waals surface area contributed by atoms with Gasteiger partial charge in [0.25, 0.3) is 11.8 Å². The van der Waals surface area contributed by atoms with Crippen LogP contribution in [-0.4, -0.2) is 107 Å². The van der Waals surface area contributed by atoms with E-state index in [4.69, 9.17) is 19.2 Å². The van der Waals surface area contributed by atoms with Crippen molar-refractivity contribution in [2.24, 2.45) is 0 Å². The van der Waals surface area contributed by atoms with Gasteiger partial charge in [-0.05, 0) is 125 Å². The fraction of sp³-hybridized carbons (Fsp3) is 0.400. The number of pyridine rings is 1. The summed E-state index contributed by atoms with van der Waals surface area (Å²) in [5, 5.41) is 23.1. The Morgan fingerprint density at radius 3 is 2.43 bits per heavy atom. The number of nitrogens with zero attached hydrogens (tertiary/aromatic N) is 4. The van der Waals surface area contributed by atoms with Crippen LogP contribution < -0.4 is 31.3 Å². The van der Waals surface area contributed by atoms with Crippen LogP contribution in [0.15, 0.2) is 91.3 Å². The topological polar surface area (TPSA) is 231 Å². The summed E-state index contributed by atoms with van der Waals surface area (Å²) in [5.74, 6) is 0.485. The molecule has 0 saturated carbocycles. The second-order valence-electron chi connectivity index (χ2n) is 17.3. The fourth-order valence-corrected chi connectivity index (χ4v) is 8.70. The molecule has 18 nitrogen and oxygen atoms in total. The molecule has 0 radical (unpaired) electrons. The quantitative estimate of drug-likeness (QED) is 0.0354. The van der Waals surface area contributed by atoms with Gasteiger partial charge < -0.3 is 40.4 Å². The molecule has 69 heavy (non-hydrogen) atoms. The van der Waals surface area contributed by atoms with Gasteiger partial charge in [-0.25, -0.2) is 4.98 Å². The number of aromatic nitrogens is 4. The van der Waals surface area contributed by atoms with Crippen molar-refractivity contribution in [3.05, 3.63) is 119 Å². The third-order valence-corrected chi connectivity index (χ3v) is 12.4. The predicted molar refractivity (Wildman–Crippen MR) is 260 cm³/mol. The molecule has 0 aliphatic carbocycles. The largest absolute Gasteiger partial charge is 0.494 e. The zero-order chi connectivity index (χ0) is 47.3. The first-order valence-corrected chi connectivity index (χ1v) is 23.3. The van der Waals surface area contributed by atoms with Gasteiger partial charge in [-0.1, -0.05) is 24.3 Å². The molecule has 5 heterocycles. The van der Waals surface area contributed by atoms with Crippen molar-refractivity contribution in [3.8, 4) is 17.1 Å². The molecule has 2 atom stereocenters. The molecule has 0 bridgehead atoms. The van der Waals surface area contributed by atoms with Crippen LogP contribution in [0.25, 0.3) is 11.4 Å². The second kappa shape index (κ2) is 24.0. The SMILES string of the molecule is C[C@@H](NC(=O)c1cccc(NC2(c3nc(-c4ccncc4)n[nH]3)CCNCC2)c1)c1ccc(OCCCCCOCCCOCC(=O)Nc2cccc3c2CN(C2CCC(=O)NC2=O)C3=O)cc1.Cl. The lowest BCUT2D eigenvalue weighted by molar-refractivity contribution is -0.137. The van der Waals surface area contributed by atoms with E-state index >= 15 is 0 Å². The van der Waals surface area contributed by atoms with Crippen LogP contribution in [0.3, 0.4) is 0 Å². The predicted octanol–water partition coefficient (Wildman–Crippen LogP) is 5.84. The molecular weight excluding hydrogens is 904 g/mol. The number of imide groups is 1. The van der Waals surface area contributed by atoms with Gasteiger partial charge in [0.05, 0.1) is 18.2 Å². The van der Waals surface area contributed by atoms with Crippen molar-refractivity contribution in [3.63, 3.8) is 0 Å². The Balaban J connectivity index is 0.00000703. The summed E-state index contributed by atoms with van der Waals surface area (Å²) in [5.41, 5.74) is 4.30. The number of carbonyl (C=O) groups excluding carboxylic acids is 5. The summed E-state index contributed by atoms with van der Waals surface area (Å²) < 4.78 is 17.3. The monoisotopic (exact) mass is 962 g/mol. The van der Waals surface area contributed by atoms with Gasteiger partial charge in [-0.2, -0.15) is 5.10 Å². The molecular formula is C50H59ClN10O8. The van der Waals surface area contributed by atoms with Crippen LogP contribution in [0.5, 0.6) is 5.75 Å². The van der Waals surface area contributed by atoms with Crippen molar-refractivity contribution < 1.29 is 38.2 Å². The van der Waals surface area contributed by atoms with Crippen molar-refractivity contribution in [2.75, 3.05) is 56.8 Å². The number of nitrogens with one attached hydrogen (secondary N) is 6. The highest BCUT2D eigenvalue weighted by Gasteiger charge is 2.40. The number of carbonyl (C=O) groups is 5. The molecule has 8 rings (SSSR count). The molecule has 19 heteroatoms. The third kappa shape index (κ3) is 12.9. The second-order valence-corrected chi connectivity index (χ2v) is 17.3. The maximum absolute atomic E-state index is 13.5. The summed E-state index contributed by atoms with van der Waals surface area (Å²) >= 11 is 0. The van der Waals surface area contributed by atoms with Crippen LogP contribution in [0.2, 0.25) is 0 Å². The lowest BCUT2D eigenvalue weighted by Crippen LogP contribution is -2.52. The number of piperidine rings is 2. The molecule has 5 aromatic rings. The van der Waals surface area contributed by atoms with Gasteiger partial charge in [0, 0.05) is 78.8 Å². The van der Waals surface area contributed by atoms with E-state index in [9.17, 15) is 24.0 Å². The van der Waals surface area contributed by atoms with E-state index in [-0.39, 0.29) is 68.1 Å². The highest BCUT2D eigenvalue weighted by atomic mass is 35.5. The summed E-state index contributed by atoms with van der Waals surface area (Å²) in [6.07, 6.45) is 8.80. The lowest BCUT2D eigenvalue weighted by atomic mass is 9.87. The molecule has 3 aliphatic heterocycles. The number of hydrogen-bond acceptors (Lipinski definition) is 13. The van der Waals surface area contributed by atoms with E-state index < -0.39 is 17.5 Å². The number of amides is 5. The number of unbranched alkanes of at least 4 members (excludes halogenated alkanes) is 2. The van der Waals surface area contributed by atoms with Crippen LogP contribution >= 0.6 is 12.4 Å². The number of halogens is 1. The molecule has 3 aromatic carbocycles. The Bertz CT molecular complexity index is 2550. The number of H-pyrrole nitrogens is 1. The number of hydrogen-bond donors (Lipinski definition) is 6. The van der Waals surface area contributed by atoms with E-state index in [1.807, 2.05) is 67.6 Å². The number of aromatic amines is 1. The van der Waals surface area contributed by atoms with Crippen molar-refractivity contribution >= 4 is 53.3 Å². The standard InChI is InChI=1S/C50H58N10O8.ClH/c1-33(53-46(63)36-8-5-9-37(30-36)57-50(20-24-52-25-21-50)49-56-45(58-59-49)35-18-22-51-23-19-35)34-12-14-38(15-13-34)68-29-4-2-3-26-66-27-7-28-67-32-44(62)54-41-11-6-10-39-40(41)31-60(48(39)65)42-16-17-43(61)55-47(42)64;/h5-6,8-15,18-19,22-23,30,33,42,52,57H,2-4,7,16-17,20-21,24-29,31-32H2,1H3,(H,53,63)(H,54,62)(H,55,61,64)(H,56,58,59);1H/t33-,42?;/m1./s1. The van der Waals surface area contributed by atoms with Crippen LogP contribution in [0, 0.1) is 0 Å². The fourth-order valence-electron chi connectivity index (χ4n) is 8.70. The summed E-state index contributed by atoms with van der Waals surface area (Å²) in [6, 6.07) is 23.2. The molecule has 364 valence electrons. The Morgan fingerprint density at radius 2 is 1.64 bits per heavy atom. The zero-order valence-electron chi connectivity index (χ0n) is 38.6. The Hall–Kier alpha value is -6.73. The molecule has 3 aliphatic rings. The van der Waals surface area contributed by atoms with Crippen molar-refractivity contribution in [1.29, 1.82) is 0 Å². The highest BCUT2D eigenvalue weighted by Crippen LogP contribution is 2.35. The van der Waals surface area contributed by atoms with Crippen molar-refractivity contribution in [1.82, 2.24) is 41.0 Å². The molecule has 2 aromatic heterocycles. The first-order chi connectivity index (χ1) is 33.2. The Kier molecular flexibility index (Phi) is 17.5. The Morgan fingerprint density at radius 1 is 0.884 bits per heavy atom. The maximum Gasteiger partial charge on any atom is 0.255 e. The molecule has 2 saturated heterocycles. The Labute approximate surface area is 406 Å². The minimum absolute atomic E-state index is 0. The maximum atomic E-state index is 13.5. The van der Waals surface area contributed by atoms with E-state index in [1.165, 1.54) is 4.90 Å². The zero-order valence-corrected chi connectivity index (χ0v) is 39.4. The minimum Gasteiger partial charge on any atom is -0.494 e. The van der Waals surface area contributed by atoms with Gasteiger partial charge in [0.2, 0.25) is 17.7 Å². The molecule has 1 unspecified atom stereocenters. The van der Waals surface area contributed by atoms with Gasteiger partial charge in [-0.15, -0.1) is 12.4 Å². The molecule has 2 fully saturated rings. The number of ether oxygens (including phenoxy) is 3. The summed E-state index contributed by atoms with van der Waals surface area (Å²) in [4.78, 5) is 73.6. The first kappa shape index (κ1) is 50.2. The van der Waals surface area contributed by atoms with Gasteiger partial charge in [0.1, 0.15) is 18.4 Å². The number of fused-ring (bicyclic) bond motifs is 1. The average Bonchev–Trinajstić information content (AvgIpc) is 3.99. The molecule has 0 spiro atoms. The van der Waals surface area contributed by atoms with E-state index in [0.29, 0.717) is 61.1 Å².